The van der Waals surface area contributed by atoms with Gasteiger partial charge in [-0.05, 0) is 43.4 Å². The second-order valence-corrected chi connectivity index (χ2v) is 7.80. The van der Waals surface area contributed by atoms with Crippen molar-refractivity contribution in [3.8, 4) is 5.69 Å². The standard InChI is InChI=1S/C21H22N4O3S/c1-29-18-10-9-17(28-18)21(27)24-11-5-6-14(12-24)19-16(20(22)26)13-25(23-19)15-7-3-2-4-8-15/h2-4,7-10,13-14H,5-6,11-12H2,1H3,(H2,22,26)/t14-/m1/s1. The Labute approximate surface area is 172 Å². The highest BCUT2D eigenvalue weighted by atomic mass is 32.2. The maximum Gasteiger partial charge on any atom is 0.289 e. The van der Waals surface area contributed by atoms with E-state index < -0.39 is 5.91 Å². The predicted molar refractivity (Wildman–Crippen MR) is 110 cm³/mol. The quantitative estimate of drug-likeness (QED) is 0.651. The van der Waals surface area contributed by atoms with Crippen molar-refractivity contribution in [3.63, 3.8) is 0 Å². The summed E-state index contributed by atoms with van der Waals surface area (Å²) < 4.78 is 7.26. The first-order valence-electron chi connectivity index (χ1n) is 9.44. The number of piperidine rings is 1. The molecule has 1 atom stereocenters. The molecule has 0 radical (unpaired) electrons. The molecule has 0 spiro atoms. The monoisotopic (exact) mass is 410 g/mol. The van der Waals surface area contributed by atoms with Gasteiger partial charge in [0, 0.05) is 25.2 Å². The van der Waals surface area contributed by atoms with E-state index in [2.05, 4.69) is 5.10 Å². The van der Waals surface area contributed by atoms with Crippen LogP contribution in [0.2, 0.25) is 0 Å². The largest absolute Gasteiger partial charge is 0.445 e. The molecule has 3 heterocycles. The van der Waals surface area contributed by atoms with Crippen molar-refractivity contribution in [1.29, 1.82) is 0 Å². The third kappa shape index (κ3) is 3.93. The van der Waals surface area contributed by atoms with E-state index >= 15 is 0 Å². The molecule has 1 aliphatic rings. The molecule has 7 nitrogen and oxygen atoms in total. The average Bonchev–Trinajstić information content (AvgIpc) is 3.41. The van der Waals surface area contributed by atoms with Crippen molar-refractivity contribution in [2.45, 2.75) is 23.9 Å². The number of hydrogen-bond acceptors (Lipinski definition) is 5. The first kappa shape index (κ1) is 19.3. The van der Waals surface area contributed by atoms with E-state index in [-0.39, 0.29) is 11.8 Å². The fourth-order valence-corrected chi connectivity index (χ4v) is 4.05. The summed E-state index contributed by atoms with van der Waals surface area (Å²) in [5.74, 6) is -0.380. The van der Waals surface area contributed by atoms with Crippen LogP contribution in [0.3, 0.4) is 0 Å². The van der Waals surface area contributed by atoms with Gasteiger partial charge in [-0.2, -0.15) is 5.10 Å². The number of aromatic nitrogens is 2. The highest BCUT2D eigenvalue weighted by Crippen LogP contribution is 2.30. The van der Waals surface area contributed by atoms with Gasteiger partial charge in [0.2, 0.25) is 0 Å². The number of furan rings is 1. The molecule has 0 aliphatic carbocycles. The highest BCUT2D eigenvalue weighted by Gasteiger charge is 2.31. The molecule has 2 amide bonds. The number of nitrogens with zero attached hydrogens (tertiary/aromatic N) is 3. The van der Waals surface area contributed by atoms with E-state index in [1.807, 2.05) is 36.6 Å². The topological polar surface area (TPSA) is 94.4 Å². The van der Waals surface area contributed by atoms with Crippen molar-refractivity contribution in [3.05, 3.63) is 65.7 Å². The van der Waals surface area contributed by atoms with Crippen LogP contribution in [0.25, 0.3) is 5.69 Å². The van der Waals surface area contributed by atoms with E-state index in [1.54, 1.807) is 27.9 Å². The van der Waals surface area contributed by atoms with Crippen LogP contribution in [0.1, 0.15) is 45.4 Å². The van der Waals surface area contributed by atoms with Gasteiger partial charge in [0.15, 0.2) is 10.9 Å². The summed E-state index contributed by atoms with van der Waals surface area (Å²) in [7, 11) is 0. The van der Waals surface area contributed by atoms with Crippen molar-refractivity contribution >= 4 is 23.6 Å². The fraction of sp³-hybridized carbons (Fsp3) is 0.286. The number of hydrogen-bond donors (Lipinski definition) is 1. The maximum atomic E-state index is 12.9. The lowest BCUT2D eigenvalue weighted by Gasteiger charge is -2.31. The Hall–Kier alpha value is -3.00. The van der Waals surface area contributed by atoms with Gasteiger partial charge >= 0.3 is 0 Å². The van der Waals surface area contributed by atoms with Crippen molar-refractivity contribution in [2.75, 3.05) is 19.3 Å². The van der Waals surface area contributed by atoms with Gasteiger partial charge < -0.3 is 15.1 Å². The Morgan fingerprint density at radius 1 is 1.21 bits per heavy atom. The lowest BCUT2D eigenvalue weighted by Crippen LogP contribution is -2.39. The third-order valence-corrected chi connectivity index (χ3v) is 5.74. The van der Waals surface area contributed by atoms with Crippen LogP contribution >= 0.6 is 11.8 Å². The van der Waals surface area contributed by atoms with Crippen LogP contribution < -0.4 is 5.73 Å². The average molecular weight is 410 g/mol. The molecular formula is C21H22N4O3S. The molecule has 1 saturated heterocycles. The number of carbonyl (C=O) groups is 2. The lowest BCUT2D eigenvalue weighted by molar-refractivity contribution is 0.0668. The molecule has 1 fully saturated rings. The molecule has 0 bridgehead atoms. The van der Waals surface area contributed by atoms with Gasteiger partial charge in [0.1, 0.15) is 0 Å². The van der Waals surface area contributed by atoms with Crippen LogP contribution in [0.15, 0.2) is 58.2 Å². The molecule has 0 unspecified atom stereocenters. The number of carbonyl (C=O) groups excluding carboxylic acids is 2. The third-order valence-electron chi connectivity index (χ3n) is 5.12. The first-order valence-corrected chi connectivity index (χ1v) is 10.7. The number of likely N-dealkylation sites (tertiary alicyclic amines) is 1. The van der Waals surface area contributed by atoms with Gasteiger partial charge in [0.05, 0.1) is 16.9 Å². The molecule has 150 valence electrons. The summed E-state index contributed by atoms with van der Waals surface area (Å²) in [6.07, 6.45) is 5.23. The summed E-state index contributed by atoms with van der Waals surface area (Å²) in [6, 6.07) is 13.1. The van der Waals surface area contributed by atoms with Crippen LogP contribution in [-0.4, -0.2) is 45.8 Å². The van der Waals surface area contributed by atoms with Crippen molar-refractivity contribution < 1.29 is 14.0 Å². The molecule has 0 saturated carbocycles. The minimum atomic E-state index is -0.513. The normalized spacial score (nSPS) is 16.7. The smallest absolute Gasteiger partial charge is 0.289 e. The fourth-order valence-electron chi connectivity index (χ4n) is 3.68. The van der Waals surface area contributed by atoms with Crippen LogP contribution in [0.5, 0.6) is 0 Å². The second kappa shape index (κ2) is 8.16. The zero-order valence-electron chi connectivity index (χ0n) is 16.1. The molecule has 2 N–H and O–H groups in total. The maximum absolute atomic E-state index is 12.9. The number of para-hydroxylation sites is 1. The van der Waals surface area contributed by atoms with Gasteiger partial charge in [-0.25, -0.2) is 4.68 Å². The second-order valence-electron chi connectivity index (χ2n) is 6.99. The Bertz CT molecular complexity index is 1030. The minimum absolute atomic E-state index is 0.0601. The molecule has 1 aromatic carbocycles. The summed E-state index contributed by atoms with van der Waals surface area (Å²) in [6.45, 7) is 1.12. The number of benzene rings is 1. The number of nitrogens with two attached hydrogens (primary N) is 1. The van der Waals surface area contributed by atoms with E-state index in [1.165, 1.54) is 11.8 Å². The van der Waals surface area contributed by atoms with E-state index in [9.17, 15) is 9.59 Å². The predicted octanol–water partition coefficient (Wildman–Crippen LogP) is 3.31. The Morgan fingerprint density at radius 3 is 2.69 bits per heavy atom. The van der Waals surface area contributed by atoms with Crippen molar-refractivity contribution in [1.82, 2.24) is 14.7 Å². The summed E-state index contributed by atoms with van der Waals surface area (Å²) in [5, 5.41) is 5.37. The van der Waals surface area contributed by atoms with E-state index in [0.29, 0.717) is 35.2 Å². The Morgan fingerprint density at radius 2 is 2.00 bits per heavy atom. The molecule has 29 heavy (non-hydrogen) atoms. The number of amides is 2. The zero-order valence-corrected chi connectivity index (χ0v) is 16.9. The Kier molecular flexibility index (Phi) is 5.44. The van der Waals surface area contributed by atoms with Crippen LogP contribution in [0.4, 0.5) is 0 Å². The van der Waals surface area contributed by atoms with Crippen molar-refractivity contribution in [2.24, 2.45) is 5.73 Å². The minimum Gasteiger partial charge on any atom is -0.445 e. The first-order chi connectivity index (χ1) is 14.1. The molecule has 3 aromatic rings. The van der Waals surface area contributed by atoms with E-state index in [0.717, 1.165) is 18.5 Å². The SMILES string of the molecule is CSc1ccc(C(=O)N2CCC[C@@H](c3nn(-c4ccccc4)cc3C(N)=O)C2)o1. The van der Waals surface area contributed by atoms with Gasteiger partial charge in [-0.3, -0.25) is 9.59 Å². The number of thioether (sulfide) groups is 1. The Balaban J connectivity index is 1.60. The number of rotatable bonds is 5. The molecule has 2 aromatic heterocycles. The summed E-state index contributed by atoms with van der Waals surface area (Å²) in [5.41, 5.74) is 7.52. The summed E-state index contributed by atoms with van der Waals surface area (Å²) in [4.78, 5) is 26.7. The summed E-state index contributed by atoms with van der Waals surface area (Å²) >= 11 is 1.46. The zero-order chi connectivity index (χ0) is 20.4. The molecule has 4 rings (SSSR count). The highest BCUT2D eigenvalue weighted by molar-refractivity contribution is 7.98. The number of primary amides is 1. The molecule has 1 aliphatic heterocycles. The lowest BCUT2D eigenvalue weighted by atomic mass is 9.92. The van der Waals surface area contributed by atoms with Gasteiger partial charge in [-0.1, -0.05) is 30.0 Å². The van der Waals surface area contributed by atoms with Crippen LogP contribution in [0, 0.1) is 0 Å². The van der Waals surface area contributed by atoms with Gasteiger partial charge in [0.25, 0.3) is 11.8 Å². The van der Waals surface area contributed by atoms with Crippen LogP contribution in [-0.2, 0) is 0 Å². The van der Waals surface area contributed by atoms with Gasteiger partial charge in [-0.15, -0.1) is 0 Å². The molecular weight excluding hydrogens is 388 g/mol. The molecule has 8 heteroatoms. The van der Waals surface area contributed by atoms with E-state index in [4.69, 9.17) is 10.2 Å².